The smallest absolute Gasteiger partial charge is 0.0638 e. The highest BCUT2D eigenvalue weighted by molar-refractivity contribution is 5.80. The molecule has 0 fully saturated rings. The van der Waals surface area contributed by atoms with Gasteiger partial charge >= 0.3 is 0 Å². The standard InChI is InChI=1S/C12H16N2/c1-10(2)14-9-12-6-4-11(5-7-12)8-13-3/h4-8H,9H2,1-3H3/b13-8+. The molecule has 0 amide bonds. The molecule has 74 valence electrons. The van der Waals surface area contributed by atoms with Crippen molar-refractivity contribution in [2.75, 3.05) is 7.05 Å². The lowest BCUT2D eigenvalue weighted by Crippen LogP contribution is -1.87. The Kier molecular flexibility index (Phi) is 4.05. The number of aliphatic imine (C=N–C) groups is 2. The summed E-state index contributed by atoms with van der Waals surface area (Å²) in [5.41, 5.74) is 3.48. The number of hydrogen-bond donors (Lipinski definition) is 0. The number of hydrogen-bond acceptors (Lipinski definition) is 2. The largest absolute Gasteiger partial charge is 0.296 e. The molecule has 1 aromatic carbocycles. The Morgan fingerprint density at radius 3 is 2.36 bits per heavy atom. The summed E-state index contributed by atoms with van der Waals surface area (Å²) in [5, 5.41) is 0. The summed E-state index contributed by atoms with van der Waals surface area (Å²) >= 11 is 0. The molecule has 0 saturated carbocycles. The van der Waals surface area contributed by atoms with E-state index in [2.05, 4.69) is 34.3 Å². The van der Waals surface area contributed by atoms with Crippen LogP contribution in [-0.4, -0.2) is 19.0 Å². The predicted molar refractivity (Wildman–Crippen MR) is 62.4 cm³/mol. The fraction of sp³-hybridized carbons (Fsp3) is 0.333. The third-order valence-electron chi connectivity index (χ3n) is 1.84. The van der Waals surface area contributed by atoms with Crippen molar-refractivity contribution in [2.45, 2.75) is 20.4 Å². The van der Waals surface area contributed by atoms with Crippen molar-refractivity contribution < 1.29 is 0 Å². The van der Waals surface area contributed by atoms with E-state index < -0.39 is 0 Å². The molecule has 0 saturated heterocycles. The second kappa shape index (κ2) is 5.32. The molecule has 1 rings (SSSR count). The molecule has 2 nitrogen and oxygen atoms in total. The van der Waals surface area contributed by atoms with Crippen LogP contribution in [0.1, 0.15) is 25.0 Å². The van der Waals surface area contributed by atoms with Crippen LogP contribution in [0.25, 0.3) is 0 Å². The predicted octanol–water partition coefficient (Wildman–Crippen LogP) is 2.72. The maximum Gasteiger partial charge on any atom is 0.0638 e. The molecule has 0 aliphatic rings. The molecule has 0 aliphatic carbocycles. The van der Waals surface area contributed by atoms with Crippen molar-refractivity contribution in [2.24, 2.45) is 9.98 Å². The van der Waals surface area contributed by atoms with E-state index in [4.69, 9.17) is 0 Å². The van der Waals surface area contributed by atoms with E-state index in [1.54, 1.807) is 7.05 Å². The Hall–Kier alpha value is -1.44. The van der Waals surface area contributed by atoms with Crippen LogP contribution in [0.5, 0.6) is 0 Å². The lowest BCUT2D eigenvalue weighted by molar-refractivity contribution is 1.06. The Labute approximate surface area is 85.4 Å². The van der Waals surface area contributed by atoms with E-state index >= 15 is 0 Å². The van der Waals surface area contributed by atoms with Gasteiger partial charge in [0, 0.05) is 19.0 Å². The van der Waals surface area contributed by atoms with E-state index in [1.165, 1.54) is 5.56 Å². The summed E-state index contributed by atoms with van der Waals surface area (Å²) in [7, 11) is 1.78. The summed E-state index contributed by atoms with van der Waals surface area (Å²) in [6, 6.07) is 8.29. The molecule has 0 radical (unpaired) electrons. The summed E-state index contributed by atoms with van der Waals surface area (Å²) in [5.74, 6) is 0. The van der Waals surface area contributed by atoms with Crippen LogP contribution in [0.3, 0.4) is 0 Å². The van der Waals surface area contributed by atoms with Gasteiger partial charge in [-0.25, -0.2) is 0 Å². The van der Waals surface area contributed by atoms with Crippen molar-refractivity contribution >= 4 is 11.9 Å². The molecule has 0 N–H and O–H groups in total. The number of nitrogens with zero attached hydrogens (tertiary/aromatic N) is 2. The first kappa shape index (κ1) is 10.6. The first-order valence-corrected chi connectivity index (χ1v) is 4.71. The molecule has 0 aromatic heterocycles. The maximum absolute atomic E-state index is 4.35. The second-order valence-corrected chi connectivity index (χ2v) is 3.39. The zero-order valence-electron chi connectivity index (χ0n) is 8.99. The zero-order chi connectivity index (χ0) is 10.4. The van der Waals surface area contributed by atoms with Gasteiger partial charge in [-0.2, -0.15) is 0 Å². The SMILES string of the molecule is C/N=C/c1ccc(CN=C(C)C)cc1. The molecule has 0 atom stereocenters. The molecule has 14 heavy (non-hydrogen) atoms. The average molecular weight is 188 g/mol. The molecule has 0 heterocycles. The zero-order valence-corrected chi connectivity index (χ0v) is 8.99. The van der Waals surface area contributed by atoms with Gasteiger partial charge in [-0.15, -0.1) is 0 Å². The first-order valence-electron chi connectivity index (χ1n) is 4.71. The topological polar surface area (TPSA) is 24.7 Å². The van der Waals surface area contributed by atoms with Crippen LogP contribution in [0.15, 0.2) is 34.3 Å². The van der Waals surface area contributed by atoms with Crippen molar-refractivity contribution in [3.63, 3.8) is 0 Å². The van der Waals surface area contributed by atoms with Crippen LogP contribution in [-0.2, 0) is 6.54 Å². The van der Waals surface area contributed by atoms with Gasteiger partial charge in [-0.05, 0) is 25.0 Å². The van der Waals surface area contributed by atoms with Crippen molar-refractivity contribution in [3.8, 4) is 0 Å². The maximum atomic E-state index is 4.35. The van der Waals surface area contributed by atoms with Gasteiger partial charge in [0.05, 0.1) is 6.54 Å². The van der Waals surface area contributed by atoms with Gasteiger partial charge < -0.3 is 0 Å². The first-order chi connectivity index (χ1) is 6.72. The second-order valence-electron chi connectivity index (χ2n) is 3.39. The van der Waals surface area contributed by atoms with Gasteiger partial charge in [0.1, 0.15) is 0 Å². The summed E-state index contributed by atoms with van der Waals surface area (Å²) in [6.45, 7) is 4.79. The summed E-state index contributed by atoms with van der Waals surface area (Å²) in [6.07, 6.45) is 1.85. The van der Waals surface area contributed by atoms with Gasteiger partial charge in [-0.1, -0.05) is 24.3 Å². The van der Waals surface area contributed by atoms with E-state index in [0.29, 0.717) is 0 Å². The minimum absolute atomic E-state index is 0.770. The lowest BCUT2D eigenvalue weighted by atomic mass is 10.1. The molecule has 0 aliphatic heterocycles. The molecule has 1 aromatic rings. The van der Waals surface area contributed by atoms with Gasteiger partial charge in [-0.3, -0.25) is 9.98 Å². The molecule has 0 spiro atoms. The van der Waals surface area contributed by atoms with Gasteiger partial charge in [0.2, 0.25) is 0 Å². The van der Waals surface area contributed by atoms with Crippen LogP contribution in [0, 0.1) is 0 Å². The quantitative estimate of drug-likeness (QED) is 0.652. The fourth-order valence-electron chi connectivity index (χ4n) is 1.11. The van der Waals surface area contributed by atoms with Crippen LogP contribution < -0.4 is 0 Å². The fourth-order valence-corrected chi connectivity index (χ4v) is 1.11. The van der Waals surface area contributed by atoms with Gasteiger partial charge in [0.15, 0.2) is 0 Å². The average Bonchev–Trinajstić information content (AvgIpc) is 2.17. The monoisotopic (exact) mass is 188 g/mol. The van der Waals surface area contributed by atoms with Crippen molar-refractivity contribution in [1.29, 1.82) is 0 Å². The normalized spacial score (nSPS) is 10.5. The molecular weight excluding hydrogens is 172 g/mol. The van der Waals surface area contributed by atoms with Crippen LogP contribution in [0.4, 0.5) is 0 Å². The third kappa shape index (κ3) is 3.52. The summed E-state index contributed by atoms with van der Waals surface area (Å²) < 4.78 is 0. The number of benzene rings is 1. The van der Waals surface area contributed by atoms with Crippen LogP contribution in [0.2, 0.25) is 0 Å². The molecule has 2 heteroatoms. The highest BCUT2D eigenvalue weighted by Crippen LogP contribution is 2.04. The van der Waals surface area contributed by atoms with Gasteiger partial charge in [0.25, 0.3) is 0 Å². The Balaban J connectivity index is 2.69. The van der Waals surface area contributed by atoms with Crippen molar-refractivity contribution in [3.05, 3.63) is 35.4 Å². The Bertz CT molecular complexity index is 330. The highest BCUT2D eigenvalue weighted by Gasteiger charge is 1.91. The Morgan fingerprint density at radius 2 is 1.86 bits per heavy atom. The lowest BCUT2D eigenvalue weighted by Gasteiger charge is -1.98. The van der Waals surface area contributed by atoms with Crippen LogP contribution >= 0.6 is 0 Å². The van der Waals surface area contributed by atoms with E-state index in [1.807, 2.05) is 20.1 Å². The van der Waals surface area contributed by atoms with E-state index in [9.17, 15) is 0 Å². The highest BCUT2D eigenvalue weighted by atomic mass is 14.7. The minimum Gasteiger partial charge on any atom is -0.296 e. The molecule has 0 bridgehead atoms. The minimum atomic E-state index is 0.770. The third-order valence-corrected chi connectivity index (χ3v) is 1.84. The van der Waals surface area contributed by atoms with Crippen molar-refractivity contribution in [1.82, 2.24) is 0 Å². The number of rotatable bonds is 3. The van der Waals surface area contributed by atoms with E-state index in [-0.39, 0.29) is 0 Å². The Morgan fingerprint density at radius 1 is 1.21 bits per heavy atom. The molecule has 0 unspecified atom stereocenters. The van der Waals surface area contributed by atoms with E-state index in [0.717, 1.165) is 17.8 Å². The molecular formula is C12H16N2. The summed E-state index contributed by atoms with van der Waals surface area (Å²) in [4.78, 5) is 8.31.